The van der Waals surface area contributed by atoms with E-state index in [2.05, 4.69) is 29.2 Å². The highest BCUT2D eigenvalue weighted by Crippen LogP contribution is 2.21. The lowest BCUT2D eigenvalue weighted by Crippen LogP contribution is -2.42. The molecular weight excluding hydrogens is 362 g/mol. The molecular formula is C25H35NO3. The van der Waals surface area contributed by atoms with Gasteiger partial charge in [0, 0.05) is 19.1 Å². The van der Waals surface area contributed by atoms with Crippen molar-refractivity contribution in [3.63, 3.8) is 0 Å². The van der Waals surface area contributed by atoms with Gasteiger partial charge < -0.3 is 9.84 Å². The van der Waals surface area contributed by atoms with Crippen LogP contribution < -0.4 is 0 Å². The van der Waals surface area contributed by atoms with Crippen molar-refractivity contribution >= 4 is 5.97 Å². The molecule has 0 aromatic heterocycles. The van der Waals surface area contributed by atoms with E-state index in [9.17, 15) is 9.90 Å². The molecule has 29 heavy (non-hydrogen) atoms. The zero-order chi connectivity index (χ0) is 21.4. The number of hydrogen-bond donors (Lipinski definition) is 1. The number of carbonyl (C=O) groups is 1. The largest absolute Gasteiger partial charge is 0.460 e. The second kappa shape index (κ2) is 10.6. The van der Waals surface area contributed by atoms with Crippen molar-refractivity contribution in [1.29, 1.82) is 0 Å². The molecule has 2 aromatic rings. The third-order valence-corrected chi connectivity index (χ3v) is 4.99. The molecule has 0 saturated carbocycles. The maximum absolute atomic E-state index is 12.3. The summed E-state index contributed by atoms with van der Waals surface area (Å²) in [6.07, 6.45) is -0.263. The summed E-state index contributed by atoms with van der Waals surface area (Å²) < 4.78 is 5.47. The molecule has 2 aromatic carbocycles. The molecule has 0 aliphatic rings. The molecule has 0 aliphatic carbocycles. The Kier molecular flexibility index (Phi) is 8.42. The van der Waals surface area contributed by atoms with Gasteiger partial charge in [0.05, 0.1) is 12.0 Å². The van der Waals surface area contributed by atoms with E-state index < -0.39 is 11.7 Å². The summed E-state index contributed by atoms with van der Waals surface area (Å²) in [6.45, 7) is 10.9. The Bertz CT molecular complexity index is 698. The standard InChI is InChI=1S/C25H35NO3/c1-19(24(28)29-25(3,4)5)16-23(27)20(2)26(17-21-12-8-6-9-13-21)18-22-14-10-7-11-15-22/h6-15,19-20,23,27H,16-18H2,1-5H3/t19?,20-,23-/m0/s1. The maximum atomic E-state index is 12.3. The van der Waals surface area contributed by atoms with Gasteiger partial charge in [-0.2, -0.15) is 0 Å². The van der Waals surface area contributed by atoms with Gasteiger partial charge in [-0.25, -0.2) is 0 Å². The minimum atomic E-state index is -0.634. The van der Waals surface area contributed by atoms with Gasteiger partial charge in [-0.3, -0.25) is 9.69 Å². The predicted octanol–water partition coefficient (Wildman–Crippen LogP) is 4.81. The van der Waals surface area contributed by atoms with Crippen LogP contribution in [0.3, 0.4) is 0 Å². The van der Waals surface area contributed by atoms with Crippen molar-refractivity contribution in [3.8, 4) is 0 Å². The molecule has 1 N–H and O–H groups in total. The third kappa shape index (κ3) is 8.00. The van der Waals surface area contributed by atoms with E-state index in [-0.39, 0.29) is 17.9 Å². The monoisotopic (exact) mass is 397 g/mol. The summed E-state index contributed by atoms with van der Waals surface area (Å²) in [6, 6.07) is 20.4. The first-order chi connectivity index (χ1) is 13.7. The Balaban J connectivity index is 2.08. The number of benzene rings is 2. The molecule has 0 saturated heterocycles. The van der Waals surface area contributed by atoms with Gasteiger partial charge >= 0.3 is 5.97 Å². The average molecular weight is 398 g/mol. The van der Waals surface area contributed by atoms with E-state index >= 15 is 0 Å². The number of esters is 1. The smallest absolute Gasteiger partial charge is 0.309 e. The van der Waals surface area contributed by atoms with E-state index in [0.717, 1.165) is 13.1 Å². The van der Waals surface area contributed by atoms with E-state index in [1.807, 2.05) is 71.0 Å². The van der Waals surface area contributed by atoms with Gasteiger partial charge in [0.25, 0.3) is 0 Å². The van der Waals surface area contributed by atoms with Crippen LogP contribution in [0.5, 0.6) is 0 Å². The fourth-order valence-electron chi connectivity index (χ4n) is 3.28. The quantitative estimate of drug-likeness (QED) is 0.617. The summed E-state index contributed by atoms with van der Waals surface area (Å²) in [5.74, 6) is -0.622. The fraction of sp³-hybridized carbons (Fsp3) is 0.480. The summed E-state index contributed by atoms with van der Waals surface area (Å²) in [4.78, 5) is 14.6. The Morgan fingerprint density at radius 1 is 0.931 bits per heavy atom. The highest BCUT2D eigenvalue weighted by molar-refractivity contribution is 5.72. The molecule has 3 atom stereocenters. The summed E-state index contributed by atoms with van der Waals surface area (Å²) >= 11 is 0. The second-order valence-corrected chi connectivity index (χ2v) is 8.85. The van der Waals surface area contributed by atoms with Gasteiger partial charge in [0.15, 0.2) is 0 Å². The molecule has 0 radical (unpaired) electrons. The van der Waals surface area contributed by atoms with Gasteiger partial charge in [-0.15, -0.1) is 0 Å². The van der Waals surface area contributed by atoms with E-state index in [4.69, 9.17) is 4.74 Å². The van der Waals surface area contributed by atoms with Crippen LogP contribution in [0.2, 0.25) is 0 Å². The SMILES string of the molecule is CC(C[C@H](O)[C@H](C)N(Cc1ccccc1)Cc1ccccc1)C(=O)OC(C)(C)C. The van der Waals surface area contributed by atoms with Gasteiger partial charge in [0.2, 0.25) is 0 Å². The lowest BCUT2D eigenvalue weighted by molar-refractivity contribution is -0.160. The van der Waals surface area contributed by atoms with Crippen LogP contribution in [0.25, 0.3) is 0 Å². The first kappa shape index (κ1) is 23.1. The summed E-state index contributed by atoms with van der Waals surface area (Å²) in [5.41, 5.74) is 1.87. The topological polar surface area (TPSA) is 49.8 Å². The zero-order valence-corrected chi connectivity index (χ0v) is 18.3. The molecule has 0 aliphatic heterocycles. The number of aliphatic hydroxyl groups is 1. The molecule has 0 amide bonds. The highest BCUT2D eigenvalue weighted by atomic mass is 16.6. The Labute approximate surface area is 175 Å². The van der Waals surface area contributed by atoms with Gasteiger partial charge in [-0.05, 0) is 45.2 Å². The molecule has 0 bridgehead atoms. The van der Waals surface area contributed by atoms with Crippen LogP contribution in [0.4, 0.5) is 0 Å². The summed E-state index contributed by atoms with van der Waals surface area (Å²) in [5, 5.41) is 10.9. The van der Waals surface area contributed by atoms with Crippen LogP contribution >= 0.6 is 0 Å². The molecule has 158 valence electrons. The van der Waals surface area contributed by atoms with Crippen LogP contribution in [-0.4, -0.2) is 33.7 Å². The summed E-state index contributed by atoms with van der Waals surface area (Å²) in [7, 11) is 0. The lowest BCUT2D eigenvalue weighted by atomic mass is 9.97. The third-order valence-electron chi connectivity index (χ3n) is 4.99. The normalized spacial score (nSPS) is 15.0. The highest BCUT2D eigenvalue weighted by Gasteiger charge is 2.28. The number of nitrogens with zero attached hydrogens (tertiary/aromatic N) is 1. The van der Waals surface area contributed by atoms with Crippen molar-refractivity contribution in [2.45, 2.75) is 71.9 Å². The van der Waals surface area contributed by atoms with E-state index in [1.54, 1.807) is 0 Å². The minimum absolute atomic E-state index is 0.111. The molecule has 4 nitrogen and oxygen atoms in total. The molecule has 0 fully saturated rings. The Morgan fingerprint density at radius 3 is 1.79 bits per heavy atom. The van der Waals surface area contributed by atoms with Crippen molar-refractivity contribution in [2.24, 2.45) is 5.92 Å². The van der Waals surface area contributed by atoms with Crippen molar-refractivity contribution in [1.82, 2.24) is 4.90 Å². The Hall–Kier alpha value is -2.17. The maximum Gasteiger partial charge on any atom is 0.309 e. The fourth-order valence-corrected chi connectivity index (χ4v) is 3.28. The molecule has 1 unspecified atom stereocenters. The number of ether oxygens (including phenoxy) is 1. The van der Waals surface area contributed by atoms with Gasteiger partial charge in [0.1, 0.15) is 5.60 Å². The van der Waals surface area contributed by atoms with Crippen molar-refractivity contribution in [2.75, 3.05) is 0 Å². The zero-order valence-electron chi connectivity index (χ0n) is 18.3. The van der Waals surface area contributed by atoms with Crippen LogP contribution in [-0.2, 0) is 22.6 Å². The molecule has 4 heteroatoms. The molecule has 0 spiro atoms. The van der Waals surface area contributed by atoms with E-state index in [1.165, 1.54) is 11.1 Å². The second-order valence-electron chi connectivity index (χ2n) is 8.85. The number of hydrogen-bond acceptors (Lipinski definition) is 4. The first-order valence-corrected chi connectivity index (χ1v) is 10.4. The average Bonchev–Trinajstić information content (AvgIpc) is 2.67. The minimum Gasteiger partial charge on any atom is -0.460 e. The Morgan fingerprint density at radius 2 is 1.38 bits per heavy atom. The van der Waals surface area contributed by atoms with Crippen LogP contribution in [0.1, 0.15) is 52.2 Å². The predicted molar refractivity (Wildman–Crippen MR) is 117 cm³/mol. The molecule has 2 rings (SSSR count). The van der Waals surface area contributed by atoms with Crippen molar-refractivity contribution in [3.05, 3.63) is 71.8 Å². The number of aliphatic hydroxyl groups excluding tert-OH is 1. The van der Waals surface area contributed by atoms with E-state index in [0.29, 0.717) is 6.42 Å². The number of carbonyl (C=O) groups excluding carboxylic acids is 1. The van der Waals surface area contributed by atoms with Crippen LogP contribution in [0.15, 0.2) is 60.7 Å². The number of rotatable bonds is 9. The van der Waals surface area contributed by atoms with Crippen LogP contribution in [0, 0.1) is 5.92 Å². The first-order valence-electron chi connectivity index (χ1n) is 10.4. The van der Waals surface area contributed by atoms with Gasteiger partial charge in [-0.1, -0.05) is 67.6 Å². The lowest BCUT2D eigenvalue weighted by Gasteiger charge is -2.33. The van der Waals surface area contributed by atoms with Crippen molar-refractivity contribution < 1.29 is 14.6 Å². The molecule has 0 heterocycles.